The van der Waals surface area contributed by atoms with E-state index in [0.717, 1.165) is 22.5 Å². The van der Waals surface area contributed by atoms with Gasteiger partial charge in [-0.15, -0.1) is 0 Å². The van der Waals surface area contributed by atoms with Crippen LogP contribution in [-0.2, 0) is 25.5 Å². The van der Waals surface area contributed by atoms with Gasteiger partial charge in [-0.1, -0.05) is 0 Å². The smallest absolute Gasteiger partial charge is 0.245 e. The van der Waals surface area contributed by atoms with Crippen LogP contribution < -0.4 is 20.7 Å². The van der Waals surface area contributed by atoms with E-state index in [9.17, 15) is 0 Å². The van der Waals surface area contributed by atoms with Crippen molar-refractivity contribution in [2.75, 3.05) is 86.5 Å². The minimum Gasteiger partial charge on any atom is -0.378 e. The van der Waals surface area contributed by atoms with Gasteiger partial charge in [0.15, 0.2) is 40.3 Å². The number of H-pyrrole nitrogens is 1. The molecule has 3 aliphatic heterocycles. The van der Waals surface area contributed by atoms with E-state index < -0.39 is 0 Å². The van der Waals surface area contributed by atoms with Crippen molar-refractivity contribution in [2.45, 2.75) is 26.7 Å². The molecule has 0 bridgehead atoms. The predicted octanol–water partition coefficient (Wildman–Crippen LogP) is 1.51. The van der Waals surface area contributed by atoms with Crippen LogP contribution in [0.1, 0.15) is 11.4 Å². The largest absolute Gasteiger partial charge is 0.378 e. The molecule has 6 aromatic rings. The van der Waals surface area contributed by atoms with Crippen molar-refractivity contribution in [1.82, 2.24) is 59.8 Å². The molecule has 0 aliphatic carbocycles. The molecule has 0 spiro atoms. The zero-order chi connectivity index (χ0) is 35.0. The number of aromatic nitrogens is 12. The molecule has 20 heteroatoms. The zero-order valence-corrected chi connectivity index (χ0v) is 28.6. The maximum absolute atomic E-state index is 5.63. The fraction of sp³-hybridized carbons (Fsp3) is 0.438. The fourth-order valence-corrected chi connectivity index (χ4v) is 6.45. The number of fused-ring (bicyclic) bond motifs is 2. The molecule has 0 saturated carbocycles. The summed E-state index contributed by atoms with van der Waals surface area (Å²) < 4.78 is 24.2. The third-order valence-electron chi connectivity index (χ3n) is 9.02. The van der Waals surface area contributed by atoms with Gasteiger partial charge in [-0.3, -0.25) is 20.6 Å². The van der Waals surface area contributed by atoms with E-state index in [1.807, 2.05) is 20.0 Å². The van der Waals surface area contributed by atoms with Crippen LogP contribution in [0.5, 0.6) is 0 Å². The Morgan fingerprint density at radius 1 is 0.712 bits per heavy atom. The lowest BCUT2D eigenvalue weighted by Gasteiger charge is -2.28. The number of hydrogen-bond donors (Lipinski definition) is 3. The van der Waals surface area contributed by atoms with Crippen molar-refractivity contribution in [3.63, 3.8) is 0 Å². The standard InChI is InChI=1S/C32H36N16O4/c1-18-24(19(2)43-42-18)22-15-34-28-26(37-22)30(47-5-9-50-10-6-47)41-32(39-28)45-44-31-38-27-25(29(40-31)46-3-7-49-8-4-46)36-21(14-33-27)20-13-35-48(16-20)17-23-51-11-12-52-23/h13-16,23H,3-12,17H2,1-2H3,(H,42,43)(H,33,38,40,44)(H,34,39,41,45). The highest BCUT2D eigenvalue weighted by Gasteiger charge is 2.24. The molecule has 3 N–H and O–H groups in total. The van der Waals surface area contributed by atoms with Crippen LogP contribution in [0.2, 0.25) is 0 Å². The van der Waals surface area contributed by atoms with Gasteiger partial charge in [-0.2, -0.15) is 30.1 Å². The summed E-state index contributed by atoms with van der Waals surface area (Å²) in [5, 5.41) is 11.8. The SMILES string of the molecule is Cc1n[nH]c(C)c1-c1cnc2nc(NNc3nc(N4CCOCC4)c4nc(-c5cnn(CC6OCCO6)c5)cnc4n3)nc(N3CCOCC3)c2n1. The molecule has 0 unspecified atom stereocenters. The Hall–Kier alpha value is -5.70. The molecule has 6 aromatic heterocycles. The number of rotatable bonds is 9. The third-order valence-corrected chi connectivity index (χ3v) is 9.02. The first-order valence-corrected chi connectivity index (χ1v) is 17.1. The number of aryl methyl sites for hydroxylation is 2. The minimum atomic E-state index is -0.315. The summed E-state index contributed by atoms with van der Waals surface area (Å²) in [7, 11) is 0. The van der Waals surface area contributed by atoms with E-state index in [-0.39, 0.29) is 18.2 Å². The number of anilines is 4. The average molecular weight is 709 g/mol. The van der Waals surface area contributed by atoms with Crippen LogP contribution in [0.25, 0.3) is 44.8 Å². The van der Waals surface area contributed by atoms with Crippen LogP contribution in [0.3, 0.4) is 0 Å². The van der Waals surface area contributed by atoms with E-state index in [1.54, 1.807) is 23.3 Å². The number of nitrogens with one attached hydrogen (secondary N) is 3. The molecule has 0 radical (unpaired) electrons. The van der Waals surface area contributed by atoms with Crippen LogP contribution >= 0.6 is 0 Å². The third kappa shape index (κ3) is 6.36. The maximum Gasteiger partial charge on any atom is 0.245 e. The molecular formula is C32H36N16O4. The first-order valence-electron chi connectivity index (χ1n) is 17.1. The van der Waals surface area contributed by atoms with Gasteiger partial charge in [-0.25, -0.2) is 19.9 Å². The van der Waals surface area contributed by atoms with Gasteiger partial charge in [-0.05, 0) is 13.8 Å². The van der Waals surface area contributed by atoms with Crippen molar-refractivity contribution in [3.05, 3.63) is 36.2 Å². The van der Waals surface area contributed by atoms with Gasteiger partial charge >= 0.3 is 0 Å². The maximum atomic E-state index is 5.63. The van der Waals surface area contributed by atoms with E-state index in [1.165, 1.54) is 0 Å². The highest BCUT2D eigenvalue weighted by atomic mass is 16.7. The van der Waals surface area contributed by atoms with Crippen LogP contribution in [0, 0.1) is 13.8 Å². The summed E-state index contributed by atoms with van der Waals surface area (Å²) in [6.07, 6.45) is 6.72. The molecule has 0 atom stereocenters. The first-order chi connectivity index (χ1) is 25.6. The second-order valence-corrected chi connectivity index (χ2v) is 12.5. The number of hydrazine groups is 1. The Labute approximate surface area is 296 Å². The highest BCUT2D eigenvalue weighted by Crippen LogP contribution is 2.30. The monoisotopic (exact) mass is 708 g/mol. The van der Waals surface area contributed by atoms with E-state index >= 15 is 0 Å². The number of morpholine rings is 2. The summed E-state index contributed by atoms with van der Waals surface area (Å²) in [4.78, 5) is 42.7. The number of aromatic amines is 1. The van der Waals surface area contributed by atoms with Gasteiger partial charge in [0.2, 0.25) is 11.9 Å². The molecule has 20 nitrogen and oxygen atoms in total. The van der Waals surface area contributed by atoms with Crippen molar-refractivity contribution < 1.29 is 18.9 Å². The van der Waals surface area contributed by atoms with E-state index in [2.05, 4.69) is 35.9 Å². The van der Waals surface area contributed by atoms with Crippen LogP contribution in [0.15, 0.2) is 24.8 Å². The van der Waals surface area contributed by atoms with Crippen molar-refractivity contribution in [1.29, 1.82) is 0 Å². The quantitative estimate of drug-likeness (QED) is 0.181. The molecule has 268 valence electrons. The summed E-state index contributed by atoms with van der Waals surface area (Å²) in [6, 6.07) is 0. The highest BCUT2D eigenvalue weighted by molar-refractivity contribution is 5.87. The average Bonchev–Trinajstić information content (AvgIpc) is 3.96. The van der Waals surface area contributed by atoms with E-state index in [4.69, 9.17) is 58.8 Å². The van der Waals surface area contributed by atoms with Crippen LogP contribution in [0.4, 0.5) is 23.5 Å². The normalized spacial score (nSPS) is 17.0. The molecule has 0 amide bonds. The Kier molecular flexibility index (Phi) is 8.54. The summed E-state index contributed by atoms with van der Waals surface area (Å²) in [5.41, 5.74) is 13.0. The Balaban J connectivity index is 1.03. The van der Waals surface area contributed by atoms with Crippen molar-refractivity contribution in [2.24, 2.45) is 0 Å². The van der Waals surface area contributed by atoms with Crippen molar-refractivity contribution >= 4 is 45.9 Å². The Morgan fingerprint density at radius 2 is 1.29 bits per heavy atom. The summed E-state index contributed by atoms with van der Waals surface area (Å²) in [5.74, 6) is 1.81. The molecular weight excluding hydrogens is 672 g/mol. The molecule has 0 aromatic carbocycles. The minimum absolute atomic E-state index is 0.268. The van der Waals surface area contributed by atoms with Gasteiger partial charge in [0.05, 0.1) is 81.9 Å². The second kappa shape index (κ2) is 13.8. The second-order valence-electron chi connectivity index (χ2n) is 12.5. The zero-order valence-electron chi connectivity index (χ0n) is 28.6. The molecule has 3 saturated heterocycles. The van der Waals surface area contributed by atoms with Gasteiger partial charge in [0.1, 0.15) is 0 Å². The van der Waals surface area contributed by atoms with Gasteiger partial charge < -0.3 is 28.7 Å². The first kappa shape index (κ1) is 32.2. The lowest BCUT2D eigenvalue weighted by Crippen LogP contribution is -2.37. The van der Waals surface area contributed by atoms with Gasteiger partial charge in [0.25, 0.3) is 0 Å². The van der Waals surface area contributed by atoms with Crippen molar-refractivity contribution in [3.8, 4) is 22.5 Å². The van der Waals surface area contributed by atoms with Crippen LogP contribution in [-0.4, -0.2) is 132 Å². The number of ether oxygens (including phenoxy) is 4. The summed E-state index contributed by atoms with van der Waals surface area (Å²) in [6.45, 7) is 10.4. The fourth-order valence-electron chi connectivity index (χ4n) is 6.45. The number of hydrogen-bond acceptors (Lipinski definition) is 18. The Morgan fingerprint density at radius 3 is 1.87 bits per heavy atom. The predicted molar refractivity (Wildman–Crippen MR) is 188 cm³/mol. The topological polar surface area (TPSA) is 217 Å². The van der Waals surface area contributed by atoms with Gasteiger partial charge in [0, 0.05) is 49.2 Å². The molecule has 3 aliphatic rings. The number of nitrogens with zero attached hydrogens (tertiary/aromatic N) is 13. The summed E-state index contributed by atoms with van der Waals surface area (Å²) >= 11 is 0. The Bertz CT molecular complexity index is 2210. The lowest BCUT2D eigenvalue weighted by molar-refractivity contribution is -0.0545. The lowest BCUT2D eigenvalue weighted by atomic mass is 10.1. The molecule has 52 heavy (non-hydrogen) atoms. The molecule has 9 rings (SSSR count). The molecule has 3 fully saturated rings. The molecule has 9 heterocycles. The van der Waals surface area contributed by atoms with E-state index in [0.29, 0.717) is 118 Å².